The summed E-state index contributed by atoms with van der Waals surface area (Å²) in [5.74, 6) is -0.189. The third kappa shape index (κ3) is 3.30. The van der Waals surface area contributed by atoms with Crippen LogP contribution in [-0.2, 0) is 6.54 Å². The topological polar surface area (TPSA) is 65.6 Å². The molecular weight excluding hydrogens is 328 g/mol. The Bertz CT molecular complexity index is 933. The lowest BCUT2D eigenvalue weighted by atomic mass is 10.1. The molecule has 1 fully saturated rings. The van der Waals surface area contributed by atoms with Gasteiger partial charge in [0.25, 0.3) is 0 Å². The number of aromatic nitrogens is 1. The van der Waals surface area contributed by atoms with Crippen molar-refractivity contribution in [2.45, 2.75) is 26.0 Å². The number of nitrogens with one attached hydrogen (secondary N) is 1. The van der Waals surface area contributed by atoms with Crippen LogP contribution in [0.4, 0.5) is 0 Å². The van der Waals surface area contributed by atoms with Gasteiger partial charge in [-0.25, -0.2) is 4.79 Å². The number of hydrogen-bond acceptors (Lipinski definition) is 3. The summed E-state index contributed by atoms with van der Waals surface area (Å²) in [5.41, 5.74) is 3.12. The average Bonchev–Trinajstić information content (AvgIpc) is 3.18. The van der Waals surface area contributed by atoms with Crippen LogP contribution in [-0.4, -0.2) is 40.2 Å². The molecule has 0 bridgehead atoms. The number of ether oxygens (including phenoxy) is 1. The van der Waals surface area contributed by atoms with Crippen LogP contribution in [0.5, 0.6) is 5.75 Å². The van der Waals surface area contributed by atoms with Crippen molar-refractivity contribution in [1.29, 1.82) is 0 Å². The van der Waals surface area contributed by atoms with Gasteiger partial charge in [-0.1, -0.05) is 30.3 Å². The van der Waals surface area contributed by atoms with Gasteiger partial charge in [-0.2, -0.15) is 0 Å². The molecule has 1 saturated heterocycles. The van der Waals surface area contributed by atoms with Crippen molar-refractivity contribution in [2.75, 3.05) is 13.1 Å². The molecule has 1 aliphatic heterocycles. The number of aromatic amines is 1. The highest BCUT2D eigenvalue weighted by Gasteiger charge is 2.24. The lowest BCUT2D eigenvalue weighted by molar-refractivity contribution is 0.0698. The molecule has 5 heteroatoms. The zero-order valence-electron chi connectivity index (χ0n) is 14.7. The minimum atomic E-state index is -0.916. The summed E-state index contributed by atoms with van der Waals surface area (Å²) in [4.78, 5) is 17.0. The lowest BCUT2D eigenvalue weighted by Crippen LogP contribution is -2.24. The first-order valence-electron chi connectivity index (χ1n) is 8.89. The van der Waals surface area contributed by atoms with Crippen molar-refractivity contribution in [3.05, 3.63) is 65.4 Å². The zero-order valence-corrected chi connectivity index (χ0v) is 14.7. The van der Waals surface area contributed by atoms with Crippen LogP contribution in [0.1, 0.15) is 28.0 Å². The van der Waals surface area contributed by atoms with Gasteiger partial charge in [-0.3, -0.25) is 4.90 Å². The molecule has 1 unspecified atom stereocenters. The van der Waals surface area contributed by atoms with Gasteiger partial charge in [0, 0.05) is 36.2 Å². The largest absolute Gasteiger partial charge is 0.489 e. The number of benzene rings is 2. The van der Waals surface area contributed by atoms with E-state index < -0.39 is 5.97 Å². The molecule has 26 heavy (non-hydrogen) atoms. The molecule has 1 aliphatic rings. The maximum Gasteiger partial charge on any atom is 0.338 e. The van der Waals surface area contributed by atoms with Crippen molar-refractivity contribution in [1.82, 2.24) is 9.88 Å². The Morgan fingerprint density at radius 3 is 2.85 bits per heavy atom. The van der Waals surface area contributed by atoms with E-state index in [-0.39, 0.29) is 6.10 Å². The number of carboxylic acid groups (broad SMARTS) is 1. The number of rotatable bonds is 5. The lowest BCUT2D eigenvalue weighted by Gasteiger charge is -2.17. The summed E-state index contributed by atoms with van der Waals surface area (Å²) in [5, 5.41) is 10.1. The first kappa shape index (κ1) is 16.7. The van der Waals surface area contributed by atoms with Crippen molar-refractivity contribution in [3.63, 3.8) is 0 Å². The van der Waals surface area contributed by atoms with Crippen LogP contribution in [0, 0.1) is 6.92 Å². The molecule has 4 rings (SSSR count). The quantitative estimate of drug-likeness (QED) is 0.734. The normalized spacial score (nSPS) is 17.7. The number of H-pyrrole nitrogens is 1. The molecule has 2 aromatic carbocycles. The highest BCUT2D eigenvalue weighted by atomic mass is 16.5. The van der Waals surface area contributed by atoms with E-state index in [1.54, 1.807) is 6.92 Å². The summed E-state index contributed by atoms with van der Waals surface area (Å²) >= 11 is 0. The molecular formula is C21H22N2O3. The van der Waals surface area contributed by atoms with Crippen LogP contribution >= 0.6 is 0 Å². The maximum absolute atomic E-state index is 11.5. The SMILES string of the molecule is Cc1[nH]c2ccc(OC3CCN(Cc4ccccc4)C3)cc2c1C(=O)O. The Morgan fingerprint density at radius 2 is 2.08 bits per heavy atom. The van der Waals surface area contributed by atoms with Crippen LogP contribution in [0.15, 0.2) is 48.5 Å². The van der Waals surface area contributed by atoms with E-state index in [1.165, 1.54) is 5.56 Å². The predicted molar refractivity (Wildman–Crippen MR) is 101 cm³/mol. The summed E-state index contributed by atoms with van der Waals surface area (Å²) in [6.07, 6.45) is 1.10. The molecule has 2 heterocycles. The van der Waals surface area contributed by atoms with Crippen molar-refractivity contribution in [3.8, 4) is 5.75 Å². The van der Waals surface area contributed by atoms with Gasteiger partial charge in [0.15, 0.2) is 0 Å². The summed E-state index contributed by atoms with van der Waals surface area (Å²) < 4.78 is 6.15. The van der Waals surface area contributed by atoms with Gasteiger partial charge in [0.2, 0.25) is 0 Å². The Labute approximate surface area is 152 Å². The number of nitrogens with zero attached hydrogens (tertiary/aromatic N) is 1. The fraction of sp³-hybridized carbons (Fsp3) is 0.286. The predicted octanol–water partition coefficient (Wildman–Crippen LogP) is 3.83. The number of carboxylic acids is 1. The molecule has 0 amide bonds. The van der Waals surface area contributed by atoms with E-state index in [9.17, 15) is 9.90 Å². The van der Waals surface area contributed by atoms with Crippen LogP contribution in [0.2, 0.25) is 0 Å². The highest BCUT2D eigenvalue weighted by molar-refractivity contribution is 6.05. The molecule has 5 nitrogen and oxygen atoms in total. The van der Waals surface area contributed by atoms with E-state index in [2.05, 4.69) is 34.1 Å². The van der Waals surface area contributed by atoms with Crippen LogP contribution < -0.4 is 4.74 Å². The first-order chi connectivity index (χ1) is 12.6. The summed E-state index contributed by atoms with van der Waals surface area (Å²) in [6, 6.07) is 16.1. The van der Waals surface area contributed by atoms with Gasteiger partial charge >= 0.3 is 5.97 Å². The Hall–Kier alpha value is -2.79. The van der Waals surface area contributed by atoms with Crippen LogP contribution in [0.25, 0.3) is 10.9 Å². The average molecular weight is 350 g/mol. The van der Waals surface area contributed by atoms with Gasteiger partial charge in [0.1, 0.15) is 11.9 Å². The van der Waals surface area contributed by atoms with Gasteiger partial charge in [-0.05, 0) is 37.1 Å². The molecule has 0 spiro atoms. The first-order valence-corrected chi connectivity index (χ1v) is 8.89. The third-order valence-electron chi connectivity index (χ3n) is 4.95. The molecule has 0 aliphatic carbocycles. The summed E-state index contributed by atoms with van der Waals surface area (Å²) in [6.45, 7) is 4.60. The molecule has 3 aromatic rings. The van der Waals surface area contributed by atoms with Crippen LogP contribution in [0.3, 0.4) is 0 Å². The Balaban J connectivity index is 1.46. The van der Waals surface area contributed by atoms with Gasteiger partial charge < -0.3 is 14.8 Å². The second-order valence-corrected chi connectivity index (χ2v) is 6.89. The third-order valence-corrected chi connectivity index (χ3v) is 4.95. The molecule has 1 atom stereocenters. The second-order valence-electron chi connectivity index (χ2n) is 6.89. The smallest absolute Gasteiger partial charge is 0.338 e. The van der Waals surface area contributed by atoms with E-state index in [1.807, 2.05) is 24.3 Å². The molecule has 134 valence electrons. The molecule has 0 saturated carbocycles. The monoisotopic (exact) mass is 350 g/mol. The number of likely N-dealkylation sites (tertiary alicyclic amines) is 1. The standard InChI is InChI=1S/C21H22N2O3/c1-14-20(21(24)25)18-11-16(7-8-19(18)22-14)26-17-9-10-23(13-17)12-15-5-3-2-4-6-15/h2-8,11,17,22H,9-10,12-13H2,1H3,(H,24,25). The minimum absolute atomic E-state index is 0.129. The molecule has 1 aromatic heterocycles. The Morgan fingerprint density at radius 1 is 1.27 bits per heavy atom. The van der Waals surface area contributed by atoms with Crippen molar-refractivity contribution in [2.24, 2.45) is 0 Å². The Kier molecular flexibility index (Phi) is 4.39. The minimum Gasteiger partial charge on any atom is -0.489 e. The highest BCUT2D eigenvalue weighted by Crippen LogP contribution is 2.28. The number of aromatic carboxylic acids is 1. The second kappa shape index (κ2) is 6.84. The molecule has 0 radical (unpaired) electrons. The maximum atomic E-state index is 11.5. The van der Waals surface area contributed by atoms with E-state index in [0.717, 1.165) is 37.3 Å². The summed E-state index contributed by atoms with van der Waals surface area (Å²) in [7, 11) is 0. The number of carbonyl (C=O) groups is 1. The van der Waals surface area contributed by atoms with E-state index in [4.69, 9.17) is 4.74 Å². The van der Waals surface area contributed by atoms with E-state index >= 15 is 0 Å². The van der Waals surface area contributed by atoms with Crippen molar-refractivity contribution < 1.29 is 14.6 Å². The fourth-order valence-electron chi connectivity index (χ4n) is 3.73. The van der Waals surface area contributed by atoms with Crippen molar-refractivity contribution >= 4 is 16.9 Å². The zero-order chi connectivity index (χ0) is 18.1. The van der Waals surface area contributed by atoms with Gasteiger partial charge in [-0.15, -0.1) is 0 Å². The van der Waals surface area contributed by atoms with Gasteiger partial charge in [0.05, 0.1) is 5.56 Å². The number of aryl methyl sites for hydroxylation is 1. The number of fused-ring (bicyclic) bond motifs is 1. The fourth-order valence-corrected chi connectivity index (χ4v) is 3.73. The van der Waals surface area contributed by atoms with E-state index in [0.29, 0.717) is 16.6 Å². The molecule has 2 N–H and O–H groups in total. The number of hydrogen-bond donors (Lipinski definition) is 2.